The molecule has 3 N–H and O–H groups in total. The monoisotopic (exact) mass is 412 g/mol. The predicted octanol–water partition coefficient (Wildman–Crippen LogP) is 2.86. The molecule has 0 aliphatic rings. The molecule has 0 saturated carbocycles. The smallest absolute Gasteiger partial charge is 0.303 e. The third kappa shape index (κ3) is 33.1. The van der Waals surface area contributed by atoms with Gasteiger partial charge in [0.15, 0.2) is 0 Å². The van der Waals surface area contributed by atoms with Crippen LogP contribution in [-0.2, 0) is 19.4 Å². The first-order chi connectivity index (χ1) is 12.3. The van der Waals surface area contributed by atoms with Crippen LogP contribution in [0.3, 0.4) is 0 Å². The zero-order chi connectivity index (χ0) is 21.9. The molecule has 164 valence electrons. The lowest BCUT2D eigenvalue weighted by Crippen LogP contribution is -2.50. The average Bonchev–Trinajstić information content (AvgIpc) is 2.56. The lowest BCUT2D eigenvalue weighted by atomic mass is 10.1. The van der Waals surface area contributed by atoms with Gasteiger partial charge in [0, 0.05) is 12.8 Å². The Kier molecular flexibility index (Phi) is 20.9. The van der Waals surface area contributed by atoms with E-state index in [0.29, 0.717) is 6.42 Å². The van der Waals surface area contributed by atoms with Gasteiger partial charge in [0.25, 0.3) is 0 Å². The van der Waals surface area contributed by atoms with Crippen LogP contribution in [0.25, 0.3) is 0 Å². The highest BCUT2D eigenvalue weighted by Gasteiger charge is 2.14. The summed E-state index contributed by atoms with van der Waals surface area (Å²) in [4.78, 5) is 10.2. The molecule has 0 rings (SSSR count). The molecular weight excluding hydrogens is 372 g/mol. The standard InChI is InChI=1S/C11H20O2.C6H17N2.CH4O4S/c1-2-3-4-5-6-7-8-9-10-11(12)13;1-5-6(7)8(2,3)4;1-5-6(2,3)4/h2H,1,3-10H2,(H,12,13);6H,5,7H2,1-4H3;1H3,(H,2,3,4)/q;+1;/p-1. The van der Waals surface area contributed by atoms with E-state index in [1.807, 2.05) is 6.08 Å². The van der Waals surface area contributed by atoms with Crippen LogP contribution >= 0.6 is 0 Å². The van der Waals surface area contributed by atoms with Crippen LogP contribution in [0.5, 0.6) is 0 Å². The maximum Gasteiger partial charge on any atom is 0.303 e. The van der Waals surface area contributed by atoms with Gasteiger partial charge in [-0.2, -0.15) is 0 Å². The SMILES string of the molecule is C=CCCCCCCCCC(=O)O.CCC(N)[N+](C)(C)C.COS(=O)(=O)[O-]. The van der Waals surface area contributed by atoms with Crippen molar-refractivity contribution in [3.05, 3.63) is 12.7 Å². The van der Waals surface area contributed by atoms with E-state index in [0.717, 1.165) is 37.3 Å². The van der Waals surface area contributed by atoms with Crippen LogP contribution in [0.2, 0.25) is 0 Å². The molecule has 0 amide bonds. The molecule has 8 nitrogen and oxygen atoms in total. The van der Waals surface area contributed by atoms with Crippen LogP contribution in [0.1, 0.15) is 64.7 Å². The van der Waals surface area contributed by atoms with Crippen molar-refractivity contribution in [3.8, 4) is 0 Å². The number of carboxylic acid groups (broad SMARTS) is 1. The first kappa shape index (κ1) is 30.7. The molecule has 0 spiro atoms. The number of carboxylic acids is 1. The van der Waals surface area contributed by atoms with Crippen LogP contribution in [-0.4, -0.2) is 62.9 Å². The zero-order valence-electron chi connectivity index (χ0n) is 17.6. The maximum atomic E-state index is 10.2. The van der Waals surface area contributed by atoms with Crippen LogP contribution in [0, 0.1) is 0 Å². The van der Waals surface area contributed by atoms with E-state index in [2.05, 4.69) is 38.8 Å². The molecule has 0 bridgehead atoms. The number of nitrogens with zero attached hydrogens (tertiary/aromatic N) is 1. The van der Waals surface area contributed by atoms with Gasteiger partial charge in [0.05, 0.1) is 28.3 Å². The quantitative estimate of drug-likeness (QED) is 0.126. The second-order valence-corrected chi connectivity index (χ2v) is 8.16. The zero-order valence-corrected chi connectivity index (χ0v) is 18.5. The van der Waals surface area contributed by atoms with Gasteiger partial charge in [-0.25, -0.2) is 8.42 Å². The van der Waals surface area contributed by atoms with Crippen molar-refractivity contribution in [2.75, 3.05) is 28.3 Å². The second kappa shape index (κ2) is 18.4. The number of carbonyl (C=O) groups is 1. The summed E-state index contributed by atoms with van der Waals surface area (Å²) in [6.45, 7) is 5.77. The van der Waals surface area contributed by atoms with Crippen molar-refractivity contribution in [2.45, 2.75) is 70.9 Å². The van der Waals surface area contributed by atoms with Gasteiger partial charge < -0.3 is 14.1 Å². The number of quaternary nitrogens is 1. The Balaban J connectivity index is -0.000000351. The molecule has 0 aromatic heterocycles. The highest BCUT2D eigenvalue weighted by Crippen LogP contribution is 2.08. The van der Waals surface area contributed by atoms with Gasteiger partial charge in [-0.3, -0.25) is 14.7 Å². The van der Waals surface area contributed by atoms with Crippen molar-refractivity contribution in [1.29, 1.82) is 0 Å². The number of allylic oxidation sites excluding steroid dienone is 1. The third-order valence-electron chi connectivity index (χ3n) is 3.67. The Morgan fingerprint density at radius 3 is 1.85 bits per heavy atom. The molecule has 0 heterocycles. The average molecular weight is 413 g/mol. The van der Waals surface area contributed by atoms with Gasteiger partial charge in [-0.05, 0) is 19.3 Å². The number of rotatable bonds is 12. The number of nitrogens with two attached hydrogens (primary N) is 1. The molecule has 0 aliphatic carbocycles. The Morgan fingerprint density at radius 2 is 1.59 bits per heavy atom. The van der Waals surface area contributed by atoms with E-state index in [1.54, 1.807) is 0 Å². The van der Waals surface area contributed by atoms with Crippen molar-refractivity contribution >= 4 is 16.4 Å². The molecule has 27 heavy (non-hydrogen) atoms. The molecule has 0 saturated heterocycles. The first-order valence-corrected chi connectivity index (χ1v) is 10.6. The molecule has 0 aromatic carbocycles. The summed E-state index contributed by atoms with van der Waals surface area (Å²) in [7, 11) is 2.71. The number of unbranched alkanes of at least 4 members (excludes halogenated alkanes) is 6. The lowest BCUT2D eigenvalue weighted by molar-refractivity contribution is -0.895. The molecular formula is C18H40N2O6S. The fraction of sp³-hybridized carbons (Fsp3) is 0.833. The van der Waals surface area contributed by atoms with Crippen molar-refractivity contribution in [1.82, 2.24) is 0 Å². The topological polar surface area (TPSA) is 130 Å². The molecule has 0 aliphatic heterocycles. The first-order valence-electron chi connectivity index (χ1n) is 9.22. The Hall–Kier alpha value is -1.00. The second-order valence-electron chi connectivity index (χ2n) is 7.01. The number of hydrogen-bond donors (Lipinski definition) is 2. The lowest BCUT2D eigenvalue weighted by Gasteiger charge is -2.30. The van der Waals surface area contributed by atoms with E-state index in [1.165, 1.54) is 25.7 Å². The van der Waals surface area contributed by atoms with Gasteiger partial charge in [0.1, 0.15) is 6.17 Å². The maximum absolute atomic E-state index is 10.2. The van der Waals surface area contributed by atoms with E-state index < -0.39 is 16.4 Å². The van der Waals surface area contributed by atoms with Crippen LogP contribution in [0.15, 0.2) is 12.7 Å². The summed E-state index contributed by atoms with van der Waals surface area (Å²) < 4.78 is 31.9. The number of aliphatic carboxylic acids is 1. The highest BCUT2D eigenvalue weighted by molar-refractivity contribution is 7.80. The molecule has 0 radical (unpaired) electrons. The fourth-order valence-electron chi connectivity index (χ4n) is 1.82. The van der Waals surface area contributed by atoms with Gasteiger partial charge in [-0.15, -0.1) is 6.58 Å². The molecule has 1 atom stereocenters. The van der Waals surface area contributed by atoms with Crippen molar-refractivity contribution in [3.63, 3.8) is 0 Å². The van der Waals surface area contributed by atoms with E-state index in [9.17, 15) is 17.8 Å². The molecule has 0 fully saturated rings. The van der Waals surface area contributed by atoms with Crippen molar-refractivity contribution < 1.29 is 31.5 Å². The Morgan fingerprint density at radius 1 is 1.19 bits per heavy atom. The molecule has 1 unspecified atom stereocenters. The van der Waals surface area contributed by atoms with E-state index in [4.69, 9.17) is 10.8 Å². The van der Waals surface area contributed by atoms with E-state index in [-0.39, 0.29) is 6.17 Å². The van der Waals surface area contributed by atoms with Crippen molar-refractivity contribution in [2.24, 2.45) is 5.73 Å². The minimum absolute atomic E-state index is 0.287. The minimum Gasteiger partial charge on any atom is -0.726 e. The summed E-state index contributed by atoms with van der Waals surface area (Å²) in [5.41, 5.74) is 5.72. The summed E-state index contributed by atoms with van der Waals surface area (Å²) in [5.74, 6) is -0.674. The van der Waals surface area contributed by atoms with Gasteiger partial charge in [-0.1, -0.05) is 38.7 Å². The van der Waals surface area contributed by atoms with Crippen LogP contribution in [0.4, 0.5) is 0 Å². The van der Waals surface area contributed by atoms with E-state index >= 15 is 0 Å². The van der Waals surface area contributed by atoms with Gasteiger partial charge in [0.2, 0.25) is 10.4 Å². The summed E-state index contributed by atoms with van der Waals surface area (Å²) in [5, 5.41) is 8.38. The summed E-state index contributed by atoms with van der Waals surface area (Å²) in [6, 6.07) is 0. The third-order valence-corrected chi connectivity index (χ3v) is 4.07. The Labute approximate surface area is 165 Å². The number of hydrogen-bond acceptors (Lipinski definition) is 6. The fourth-order valence-corrected chi connectivity index (χ4v) is 1.82. The normalized spacial score (nSPS) is 12.1. The highest BCUT2D eigenvalue weighted by atomic mass is 32.3. The van der Waals surface area contributed by atoms with Crippen LogP contribution < -0.4 is 5.73 Å². The Bertz CT molecular complexity index is 461. The summed E-state index contributed by atoms with van der Waals surface area (Å²) in [6.07, 6.45) is 11.5. The minimum atomic E-state index is -4.41. The molecule has 0 aromatic rings. The molecule has 9 heteroatoms. The largest absolute Gasteiger partial charge is 0.726 e. The predicted molar refractivity (Wildman–Crippen MR) is 108 cm³/mol. The summed E-state index contributed by atoms with van der Waals surface area (Å²) >= 11 is 0. The van der Waals surface area contributed by atoms with Gasteiger partial charge >= 0.3 is 5.97 Å².